The minimum absolute atomic E-state index is 0.0495. The number of anilines is 1. The van der Waals surface area contributed by atoms with Crippen LogP contribution in [0.5, 0.6) is 5.75 Å². The number of methoxy groups -OCH3 is 2. The molecule has 0 saturated carbocycles. The Hall–Kier alpha value is -1.79. The molecule has 1 aromatic rings. The number of ether oxygens (including phenoxy) is 2. The summed E-state index contributed by atoms with van der Waals surface area (Å²) in [6.45, 7) is 4.92. The molecule has 1 fully saturated rings. The molecule has 2 amide bonds. The Morgan fingerprint density at radius 2 is 1.81 bits per heavy atom. The molecule has 1 heterocycles. The molecule has 1 aliphatic heterocycles. The molecule has 0 atom stereocenters. The number of piperazine rings is 1. The van der Waals surface area contributed by atoms with Gasteiger partial charge in [-0.05, 0) is 24.3 Å². The molecule has 1 aliphatic rings. The van der Waals surface area contributed by atoms with Crippen LogP contribution in [0.25, 0.3) is 0 Å². The van der Waals surface area contributed by atoms with Crippen molar-refractivity contribution in [2.45, 2.75) is 0 Å². The van der Waals surface area contributed by atoms with Gasteiger partial charge in [-0.25, -0.2) is 4.79 Å². The van der Waals surface area contributed by atoms with Gasteiger partial charge < -0.3 is 19.7 Å². The van der Waals surface area contributed by atoms with Crippen LogP contribution >= 0.6 is 0 Å². The van der Waals surface area contributed by atoms with E-state index in [0.29, 0.717) is 0 Å². The Kier molecular flexibility index (Phi) is 5.83. The summed E-state index contributed by atoms with van der Waals surface area (Å²) in [6, 6.07) is 7.29. The second-order valence-electron chi connectivity index (χ2n) is 4.98. The first-order chi connectivity index (χ1) is 10.2. The summed E-state index contributed by atoms with van der Waals surface area (Å²) in [5.41, 5.74) is 0.780. The van der Waals surface area contributed by atoms with Crippen molar-refractivity contribution in [2.75, 3.05) is 58.9 Å². The fraction of sp³-hybridized carbons (Fsp3) is 0.533. The van der Waals surface area contributed by atoms with Gasteiger partial charge in [0.1, 0.15) is 5.75 Å². The molecular weight excluding hydrogens is 270 g/mol. The van der Waals surface area contributed by atoms with E-state index in [1.54, 1.807) is 14.2 Å². The summed E-state index contributed by atoms with van der Waals surface area (Å²) in [5.74, 6) is 0.778. The summed E-state index contributed by atoms with van der Waals surface area (Å²) < 4.78 is 10.2. The molecule has 0 unspecified atom stereocenters. The van der Waals surface area contributed by atoms with Gasteiger partial charge in [0.15, 0.2) is 0 Å². The smallest absolute Gasteiger partial charge is 0.321 e. The van der Waals surface area contributed by atoms with E-state index in [-0.39, 0.29) is 6.03 Å². The van der Waals surface area contributed by atoms with E-state index in [4.69, 9.17) is 9.47 Å². The standard InChI is InChI=1S/C15H23N3O3/c1-20-12-11-17-7-9-18(10-8-17)15(19)16-13-3-5-14(21-2)6-4-13/h3-6H,7-12H2,1-2H3,(H,16,19). The first kappa shape index (κ1) is 15.6. The third-order valence-electron chi connectivity index (χ3n) is 3.61. The molecule has 0 aliphatic carbocycles. The van der Waals surface area contributed by atoms with Gasteiger partial charge in [-0.15, -0.1) is 0 Å². The van der Waals surface area contributed by atoms with Crippen molar-refractivity contribution in [2.24, 2.45) is 0 Å². The zero-order chi connectivity index (χ0) is 15.1. The van der Waals surface area contributed by atoms with E-state index in [1.807, 2.05) is 29.2 Å². The highest BCUT2D eigenvalue weighted by Crippen LogP contribution is 2.15. The second kappa shape index (κ2) is 7.85. The average Bonchev–Trinajstić information content (AvgIpc) is 2.54. The molecular formula is C15H23N3O3. The maximum absolute atomic E-state index is 12.2. The molecule has 1 N–H and O–H groups in total. The average molecular weight is 293 g/mol. The predicted octanol–water partition coefficient (Wildman–Crippen LogP) is 1.49. The number of amides is 2. The minimum atomic E-state index is -0.0495. The normalized spacial score (nSPS) is 15.8. The highest BCUT2D eigenvalue weighted by Gasteiger charge is 2.20. The monoisotopic (exact) mass is 293 g/mol. The van der Waals surface area contributed by atoms with Crippen LogP contribution in [0, 0.1) is 0 Å². The number of hydrogen-bond donors (Lipinski definition) is 1. The van der Waals surface area contributed by atoms with Gasteiger partial charge in [0.2, 0.25) is 0 Å². The third-order valence-corrected chi connectivity index (χ3v) is 3.61. The van der Waals surface area contributed by atoms with Crippen LogP contribution in [-0.2, 0) is 4.74 Å². The van der Waals surface area contributed by atoms with Gasteiger partial charge in [0, 0.05) is 45.5 Å². The molecule has 0 aromatic heterocycles. The number of nitrogens with one attached hydrogen (secondary N) is 1. The predicted molar refractivity (Wildman–Crippen MR) is 81.9 cm³/mol. The Morgan fingerprint density at radius 3 is 2.38 bits per heavy atom. The van der Waals surface area contributed by atoms with E-state index in [0.717, 1.165) is 50.8 Å². The SMILES string of the molecule is COCCN1CCN(C(=O)Nc2ccc(OC)cc2)CC1. The van der Waals surface area contributed by atoms with Crippen molar-refractivity contribution in [3.63, 3.8) is 0 Å². The van der Waals surface area contributed by atoms with Crippen LogP contribution in [0.2, 0.25) is 0 Å². The minimum Gasteiger partial charge on any atom is -0.497 e. The Labute approximate surface area is 125 Å². The van der Waals surface area contributed by atoms with E-state index in [9.17, 15) is 4.79 Å². The topological polar surface area (TPSA) is 54.0 Å². The first-order valence-electron chi connectivity index (χ1n) is 7.14. The number of rotatable bonds is 5. The van der Waals surface area contributed by atoms with Crippen LogP contribution < -0.4 is 10.1 Å². The lowest BCUT2D eigenvalue weighted by atomic mass is 10.3. The number of carbonyl (C=O) groups excluding carboxylic acids is 1. The molecule has 116 valence electrons. The highest BCUT2D eigenvalue weighted by molar-refractivity contribution is 5.89. The Morgan fingerprint density at radius 1 is 1.14 bits per heavy atom. The largest absolute Gasteiger partial charge is 0.497 e. The van der Waals surface area contributed by atoms with E-state index >= 15 is 0 Å². The van der Waals surface area contributed by atoms with Crippen molar-refractivity contribution in [3.05, 3.63) is 24.3 Å². The van der Waals surface area contributed by atoms with Crippen LogP contribution in [0.1, 0.15) is 0 Å². The zero-order valence-corrected chi connectivity index (χ0v) is 12.7. The summed E-state index contributed by atoms with van der Waals surface area (Å²) in [5, 5.41) is 2.91. The molecule has 1 saturated heterocycles. The molecule has 1 aromatic carbocycles. The Balaban J connectivity index is 1.78. The lowest BCUT2D eigenvalue weighted by Crippen LogP contribution is -2.50. The van der Waals surface area contributed by atoms with Crippen molar-refractivity contribution in [1.82, 2.24) is 9.80 Å². The van der Waals surface area contributed by atoms with Crippen LogP contribution in [0.15, 0.2) is 24.3 Å². The molecule has 0 bridgehead atoms. The molecule has 0 radical (unpaired) electrons. The fourth-order valence-corrected chi connectivity index (χ4v) is 2.27. The molecule has 0 spiro atoms. The molecule has 6 heteroatoms. The van der Waals surface area contributed by atoms with Crippen molar-refractivity contribution >= 4 is 11.7 Å². The first-order valence-corrected chi connectivity index (χ1v) is 7.14. The van der Waals surface area contributed by atoms with Crippen molar-refractivity contribution in [3.8, 4) is 5.75 Å². The maximum atomic E-state index is 12.2. The molecule has 21 heavy (non-hydrogen) atoms. The summed E-state index contributed by atoms with van der Waals surface area (Å²) in [6.07, 6.45) is 0. The number of hydrogen-bond acceptors (Lipinski definition) is 4. The number of urea groups is 1. The van der Waals surface area contributed by atoms with E-state index in [1.165, 1.54) is 0 Å². The van der Waals surface area contributed by atoms with Gasteiger partial charge in [-0.2, -0.15) is 0 Å². The summed E-state index contributed by atoms with van der Waals surface area (Å²) in [7, 11) is 3.33. The van der Waals surface area contributed by atoms with Gasteiger partial charge in [-0.3, -0.25) is 4.90 Å². The van der Waals surface area contributed by atoms with Gasteiger partial charge in [0.25, 0.3) is 0 Å². The summed E-state index contributed by atoms with van der Waals surface area (Å²) >= 11 is 0. The maximum Gasteiger partial charge on any atom is 0.321 e. The van der Waals surface area contributed by atoms with Gasteiger partial charge >= 0.3 is 6.03 Å². The lowest BCUT2D eigenvalue weighted by molar-refractivity contribution is 0.109. The number of carbonyl (C=O) groups is 1. The highest BCUT2D eigenvalue weighted by atomic mass is 16.5. The van der Waals surface area contributed by atoms with Gasteiger partial charge in [-0.1, -0.05) is 0 Å². The summed E-state index contributed by atoms with van der Waals surface area (Å²) in [4.78, 5) is 16.3. The van der Waals surface area contributed by atoms with Crippen LogP contribution in [0.3, 0.4) is 0 Å². The second-order valence-corrected chi connectivity index (χ2v) is 4.98. The number of benzene rings is 1. The van der Waals surface area contributed by atoms with Gasteiger partial charge in [0.05, 0.1) is 13.7 Å². The van der Waals surface area contributed by atoms with Crippen molar-refractivity contribution in [1.29, 1.82) is 0 Å². The van der Waals surface area contributed by atoms with Crippen LogP contribution in [-0.4, -0.2) is 69.4 Å². The Bertz CT molecular complexity index is 442. The van der Waals surface area contributed by atoms with E-state index < -0.39 is 0 Å². The number of nitrogens with zero attached hydrogens (tertiary/aromatic N) is 2. The third kappa shape index (κ3) is 4.61. The zero-order valence-electron chi connectivity index (χ0n) is 12.7. The van der Waals surface area contributed by atoms with E-state index in [2.05, 4.69) is 10.2 Å². The van der Waals surface area contributed by atoms with Crippen LogP contribution in [0.4, 0.5) is 10.5 Å². The van der Waals surface area contributed by atoms with Crippen molar-refractivity contribution < 1.29 is 14.3 Å². The fourth-order valence-electron chi connectivity index (χ4n) is 2.27. The lowest BCUT2D eigenvalue weighted by Gasteiger charge is -2.34. The molecule has 2 rings (SSSR count). The molecule has 6 nitrogen and oxygen atoms in total. The quantitative estimate of drug-likeness (QED) is 0.893.